The average molecular weight is 256 g/mol. The van der Waals surface area contributed by atoms with Crippen molar-refractivity contribution in [3.8, 4) is 0 Å². The van der Waals surface area contributed by atoms with Crippen molar-refractivity contribution in [1.82, 2.24) is 10.6 Å². The van der Waals surface area contributed by atoms with Crippen molar-refractivity contribution in [1.29, 1.82) is 0 Å². The second-order valence-electron chi connectivity index (χ2n) is 4.68. The van der Waals surface area contributed by atoms with Crippen LogP contribution in [0.5, 0.6) is 0 Å². The van der Waals surface area contributed by atoms with Gasteiger partial charge in [-0.2, -0.15) is 0 Å². The minimum Gasteiger partial charge on any atom is -0.480 e. The van der Waals surface area contributed by atoms with E-state index in [-0.39, 0.29) is 18.4 Å². The molecule has 1 fully saturated rings. The maximum absolute atomic E-state index is 11.7. The number of hydrogen-bond donors (Lipinski definition) is 3. The molecular formula is C12H20N2O4. The molecule has 0 bridgehead atoms. The molecule has 1 saturated carbocycles. The van der Waals surface area contributed by atoms with Crippen LogP contribution in [0.2, 0.25) is 0 Å². The van der Waals surface area contributed by atoms with Gasteiger partial charge in [-0.25, -0.2) is 0 Å². The van der Waals surface area contributed by atoms with Crippen LogP contribution in [0.25, 0.3) is 0 Å². The number of carbonyl (C=O) groups is 3. The fourth-order valence-corrected chi connectivity index (χ4v) is 2.03. The van der Waals surface area contributed by atoms with Crippen LogP contribution in [0.1, 0.15) is 39.0 Å². The van der Waals surface area contributed by atoms with Crippen LogP contribution in [0, 0.1) is 5.92 Å². The van der Waals surface area contributed by atoms with Crippen LogP contribution in [-0.2, 0) is 14.4 Å². The molecule has 18 heavy (non-hydrogen) atoms. The first-order valence-corrected chi connectivity index (χ1v) is 6.30. The summed E-state index contributed by atoms with van der Waals surface area (Å²) in [6.07, 6.45) is 5.03. The van der Waals surface area contributed by atoms with Gasteiger partial charge in [0.05, 0.1) is 6.54 Å². The normalized spacial score (nSPS) is 17.8. The van der Waals surface area contributed by atoms with Gasteiger partial charge in [0.15, 0.2) is 0 Å². The fourth-order valence-electron chi connectivity index (χ4n) is 2.03. The van der Waals surface area contributed by atoms with Crippen LogP contribution in [0.15, 0.2) is 0 Å². The minimum absolute atomic E-state index is 0.00319. The van der Waals surface area contributed by atoms with Crippen molar-refractivity contribution in [2.24, 2.45) is 5.92 Å². The molecule has 1 aliphatic rings. The molecule has 0 spiro atoms. The van der Waals surface area contributed by atoms with Gasteiger partial charge in [0.2, 0.25) is 11.8 Å². The Balaban J connectivity index is 2.25. The molecule has 1 unspecified atom stereocenters. The zero-order chi connectivity index (χ0) is 13.5. The first kappa shape index (κ1) is 14.5. The molecule has 0 aromatic rings. The third-order valence-corrected chi connectivity index (χ3v) is 3.15. The molecule has 0 aliphatic heterocycles. The summed E-state index contributed by atoms with van der Waals surface area (Å²) >= 11 is 0. The Hall–Kier alpha value is -1.59. The zero-order valence-electron chi connectivity index (χ0n) is 10.6. The summed E-state index contributed by atoms with van der Waals surface area (Å²) in [5, 5.41) is 13.4. The van der Waals surface area contributed by atoms with Crippen molar-refractivity contribution in [2.45, 2.75) is 45.1 Å². The van der Waals surface area contributed by atoms with Crippen LogP contribution < -0.4 is 10.6 Å². The number of nitrogens with one attached hydrogen (secondary N) is 2. The monoisotopic (exact) mass is 256 g/mol. The van der Waals surface area contributed by atoms with Crippen LogP contribution in [0.4, 0.5) is 0 Å². The van der Waals surface area contributed by atoms with E-state index in [0.717, 1.165) is 25.7 Å². The summed E-state index contributed by atoms with van der Waals surface area (Å²) in [5.74, 6) is -1.67. The largest absolute Gasteiger partial charge is 0.480 e. The molecule has 1 atom stereocenters. The van der Waals surface area contributed by atoms with Crippen LogP contribution in [0.3, 0.4) is 0 Å². The Morgan fingerprint density at radius 2 is 1.83 bits per heavy atom. The lowest BCUT2D eigenvalue weighted by molar-refractivity contribution is -0.141. The minimum atomic E-state index is -1.10. The van der Waals surface area contributed by atoms with Gasteiger partial charge in [-0.05, 0) is 19.8 Å². The Bertz CT molecular complexity index is 324. The van der Waals surface area contributed by atoms with E-state index in [1.807, 2.05) is 0 Å². The third-order valence-electron chi connectivity index (χ3n) is 3.15. The average Bonchev–Trinajstić information content (AvgIpc) is 2.36. The number of amides is 2. The third kappa shape index (κ3) is 4.73. The standard InChI is InChI=1S/C12H20N2O4/c1-8(12(17)18)14-10(15)7-13-11(16)9-5-3-2-4-6-9/h8-9H,2-7H2,1H3,(H,13,16)(H,14,15)(H,17,18). The summed E-state index contributed by atoms with van der Waals surface area (Å²) in [6, 6.07) is -0.941. The molecule has 2 amide bonds. The Kier molecular flexibility index (Phi) is 5.61. The smallest absolute Gasteiger partial charge is 0.325 e. The van der Waals surface area contributed by atoms with Crippen molar-refractivity contribution in [3.63, 3.8) is 0 Å². The van der Waals surface area contributed by atoms with Crippen molar-refractivity contribution < 1.29 is 19.5 Å². The Morgan fingerprint density at radius 1 is 1.22 bits per heavy atom. The second-order valence-corrected chi connectivity index (χ2v) is 4.68. The first-order valence-electron chi connectivity index (χ1n) is 6.30. The van der Waals surface area contributed by atoms with Gasteiger partial charge in [0.25, 0.3) is 0 Å². The van der Waals surface area contributed by atoms with Gasteiger partial charge >= 0.3 is 5.97 Å². The first-order chi connectivity index (χ1) is 8.50. The Morgan fingerprint density at radius 3 is 2.39 bits per heavy atom. The number of aliphatic carboxylic acids is 1. The van der Waals surface area contributed by atoms with Crippen LogP contribution >= 0.6 is 0 Å². The highest BCUT2D eigenvalue weighted by Gasteiger charge is 2.21. The van der Waals surface area contributed by atoms with Crippen molar-refractivity contribution in [3.05, 3.63) is 0 Å². The molecule has 6 heteroatoms. The topological polar surface area (TPSA) is 95.5 Å². The molecular weight excluding hydrogens is 236 g/mol. The molecule has 102 valence electrons. The predicted octanol–water partition coefficient (Wildman–Crippen LogP) is 0.272. The highest BCUT2D eigenvalue weighted by molar-refractivity contribution is 5.88. The quantitative estimate of drug-likeness (QED) is 0.658. The van der Waals surface area contributed by atoms with Gasteiger partial charge in [0, 0.05) is 5.92 Å². The van der Waals surface area contributed by atoms with Gasteiger partial charge in [-0.1, -0.05) is 19.3 Å². The summed E-state index contributed by atoms with van der Waals surface area (Å²) in [5.41, 5.74) is 0. The highest BCUT2D eigenvalue weighted by atomic mass is 16.4. The van der Waals surface area contributed by atoms with Gasteiger partial charge in [0.1, 0.15) is 6.04 Å². The molecule has 6 nitrogen and oxygen atoms in total. The molecule has 0 aromatic carbocycles. The highest BCUT2D eigenvalue weighted by Crippen LogP contribution is 2.23. The maximum Gasteiger partial charge on any atom is 0.325 e. The summed E-state index contributed by atoms with van der Waals surface area (Å²) in [4.78, 5) is 33.6. The fraction of sp³-hybridized carbons (Fsp3) is 0.750. The van der Waals surface area contributed by atoms with E-state index < -0.39 is 17.9 Å². The number of carboxylic acid groups (broad SMARTS) is 1. The number of hydrogen-bond acceptors (Lipinski definition) is 3. The van der Waals surface area contributed by atoms with E-state index in [1.54, 1.807) is 0 Å². The van der Waals surface area contributed by atoms with E-state index in [0.29, 0.717) is 0 Å². The molecule has 3 N–H and O–H groups in total. The summed E-state index contributed by atoms with van der Waals surface area (Å²) < 4.78 is 0. The summed E-state index contributed by atoms with van der Waals surface area (Å²) in [6.45, 7) is 1.22. The lowest BCUT2D eigenvalue weighted by Crippen LogP contribution is -2.45. The molecule has 1 aliphatic carbocycles. The number of carbonyl (C=O) groups excluding carboxylic acids is 2. The molecule has 0 radical (unpaired) electrons. The summed E-state index contributed by atoms with van der Waals surface area (Å²) in [7, 11) is 0. The van der Waals surface area contributed by atoms with Crippen molar-refractivity contribution >= 4 is 17.8 Å². The van der Waals surface area contributed by atoms with Crippen molar-refractivity contribution in [2.75, 3.05) is 6.54 Å². The lowest BCUT2D eigenvalue weighted by Gasteiger charge is -2.20. The van der Waals surface area contributed by atoms with Gasteiger partial charge in [-0.15, -0.1) is 0 Å². The van der Waals surface area contributed by atoms with E-state index in [9.17, 15) is 14.4 Å². The Labute approximate surface area is 106 Å². The lowest BCUT2D eigenvalue weighted by atomic mass is 9.89. The number of rotatable bonds is 5. The molecule has 0 aromatic heterocycles. The van der Waals surface area contributed by atoms with E-state index in [1.165, 1.54) is 13.3 Å². The van der Waals surface area contributed by atoms with Gasteiger partial charge < -0.3 is 15.7 Å². The van der Waals surface area contributed by atoms with Gasteiger partial charge in [-0.3, -0.25) is 14.4 Å². The molecule has 0 saturated heterocycles. The molecule has 1 rings (SSSR count). The number of carboxylic acids is 1. The molecule has 0 heterocycles. The predicted molar refractivity (Wildman–Crippen MR) is 64.8 cm³/mol. The van der Waals surface area contributed by atoms with E-state index in [2.05, 4.69) is 10.6 Å². The SMILES string of the molecule is CC(NC(=O)CNC(=O)C1CCCCC1)C(=O)O. The zero-order valence-corrected chi connectivity index (χ0v) is 10.6. The maximum atomic E-state index is 11.7. The van der Waals surface area contributed by atoms with Crippen LogP contribution in [-0.4, -0.2) is 35.5 Å². The second kappa shape index (κ2) is 6.98. The van der Waals surface area contributed by atoms with E-state index in [4.69, 9.17) is 5.11 Å². The van der Waals surface area contributed by atoms with E-state index >= 15 is 0 Å².